The Bertz CT molecular complexity index is 1170. The molecule has 29 heavy (non-hydrogen) atoms. The van der Waals surface area contributed by atoms with Crippen LogP contribution < -0.4 is 4.72 Å². The number of rotatable bonds is 6. The molecule has 0 radical (unpaired) electrons. The Hall–Kier alpha value is -2.44. The summed E-state index contributed by atoms with van der Waals surface area (Å²) in [6.45, 7) is 5.91. The van der Waals surface area contributed by atoms with E-state index < -0.39 is 10.0 Å². The van der Waals surface area contributed by atoms with E-state index in [2.05, 4.69) is 20.7 Å². The predicted octanol–water partition coefficient (Wildman–Crippen LogP) is 5.60. The van der Waals surface area contributed by atoms with Crippen molar-refractivity contribution in [3.63, 3.8) is 0 Å². The minimum Gasteiger partial charge on any atom is -0.294 e. The fraction of sp³-hybridized carbons (Fsp3) is 0.174. The lowest BCUT2D eigenvalue weighted by Gasteiger charge is -2.13. The maximum absolute atomic E-state index is 13.0. The number of carbonyl (C=O) groups is 1. The highest BCUT2D eigenvalue weighted by Crippen LogP contribution is 2.26. The Kier molecular flexibility index (Phi) is 6.24. The van der Waals surface area contributed by atoms with Gasteiger partial charge in [0.1, 0.15) is 0 Å². The highest BCUT2D eigenvalue weighted by Gasteiger charge is 2.19. The Morgan fingerprint density at radius 1 is 0.931 bits per heavy atom. The van der Waals surface area contributed by atoms with Crippen LogP contribution in [-0.4, -0.2) is 14.2 Å². The first-order valence-electron chi connectivity index (χ1n) is 9.15. The number of Topliss-reactive ketones (excluding diaryl/α,β-unsaturated/α-hetero) is 1. The summed E-state index contributed by atoms with van der Waals surface area (Å²) >= 11 is 3.52. The molecular formula is C23H22BrNO3S. The second-order valence-electron chi connectivity index (χ2n) is 7.09. The van der Waals surface area contributed by atoms with E-state index in [1.54, 1.807) is 48.5 Å². The van der Waals surface area contributed by atoms with Crippen LogP contribution in [0.3, 0.4) is 0 Å². The third kappa shape index (κ3) is 4.95. The number of para-hydroxylation sites is 1. The lowest BCUT2D eigenvalue weighted by Crippen LogP contribution is -2.16. The summed E-state index contributed by atoms with van der Waals surface area (Å²) in [4.78, 5) is 13.1. The van der Waals surface area contributed by atoms with E-state index in [-0.39, 0.29) is 22.8 Å². The number of hydrogen-bond acceptors (Lipinski definition) is 3. The Morgan fingerprint density at radius 2 is 1.55 bits per heavy atom. The summed E-state index contributed by atoms with van der Waals surface area (Å²) in [5.41, 5.74) is 4.70. The second kappa shape index (κ2) is 8.51. The molecule has 0 atom stereocenters. The lowest BCUT2D eigenvalue weighted by atomic mass is 9.99. The molecule has 6 heteroatoms. The third-order valence-electron chi connectivity index (χ3n) is 4.82. The maximum atomic E-state index is 13.0. The van der Waals surface area contributed by atoms with Crippen molar-refractivity contribution in [1.82, 2.24) is 0 Å². The third-order valence-corrected chi connectivity index (χ3v) is 6.94. The molecule has 3 aromatic carbocycles. The average Bonchev–Trinajstić information content (AvgIpc) is 2.66. The standard InChI is InChI=1S/C23H22BrNO3S/c1-15-8-10-19(11-9-15)29(27,28)25-22-7-5-4-6-20(22)23(26)14-18-12-16(2)17(3)13-21(18)24/h4-13,25H,14H2,1-3H3. The number of anilines is 1. The quantitative estimate of drug-likeness (QED) is 0.475. The second-order valence-corrected chi connectivity index (χ2v) is 9.63. The van der Waals surface area contributed by atoms with Crippen molar-refractivity contribution in [2.45, 2.75) is 32.1 Å². The van der Waals surface area contributed by atoms with Gasteiger partial charge in [0.2, 0.25) is 0 Å². The highest BCUT2D eigenvalue weighted by atomic mass is 79.9. The van der Waals surface area contributed by atoms with Crippen LogP contribution in [0.1, 0.15) is 32.6 Å². The van der Waals surface area contributed by atoms with Crippen molar-refractivity contribution < 1.29 is 13.2 Å². The molecule has 4 nitrogen and oxygen atoms in total. The van der Waals surface area contributed by atoms with Crippen LogP contribution in [0.25, 0.3) is 0 Å². The van der Waals surface area contributed by atoms with Gasteiger partial charge >= 0.3 is 0 Å². The molecule has 0 aromatic heterocycles. The van der Waals surface area contributed by atoms with Gasteiger partial charge in [0.25, 0.3) is 10.0 Å². The summed E-state index contributed by atoms with van der Waals surface area (Å²) in [6, 6.07) is 17.2. The highest BCUT2D eigenvalue weighted by molar-refractivity contribution is 9.10. The van der Waals surface area contributed by atoms with Crippen molar-refractivity contribution in [2.24, 2.45) is 0 Å². The van der Waals surface area contributed by atoms with Crippen LogP contribution in [0.2, 0.25) is 0 Å². The van der Waals surface area contributed by atoms with Gasteiger partial charge in [-0.15, -0.1) is 0 Å². The van der Waals surface area contributed by atoms with Gasteiger partial charge in [0.05, 0.1) is 10.6 Å². The van der Waals surface area contributed by atoms with Gasteiger partial charge in [-0.3, -0.25) is 9.52 Å². The molecule has 0 fully saturated rings. The minimum absolute atomic E-state index is 0.155. The van der Waals surface area contributed by atoms with Crippen molar-refractivity contribution in [1.29, 1.82) is 0 Å². The zero-order valence-corrected chi connectivity index (χ0v) is 18.9. The predicted molar refractivity (Wildman–Crippen MR) is 120 cm³/mol. The van der Waals surface area contributed by atoms with Crippen LogP contribution >= 0.6 is 15.9 Å². The molecule has 0 aliphatic rings. The molecule has 3 aromatic rings. The zero-order valence-electron chi connectivity index (χ0n) is 16.5. The summed E-state index contributed by atoms with van der Waals surface area (Å²) in [5, 5.41) is 0. The topological polar surface area (TPSA) is 63.2 Å². The van der Waals surface area contributed by atoms with Crippen molar-refractivity contribution in [3.05, 3.63) is 93.0 Å². The normalized spacial score (nSPS) is 11.3. The molecule has 0 unspecified atom stereocenters. The summed E-state index contributed by atoms with van der Waals surface area (Å²) in [5.74, 6) is -0.156. The van der Waals surface area contributed by atoms with E-state index in [0.717, 1.165) is 26.7 Å². The Labute approximate surface area is 180 Å². The van der Waals surface area contributed by atoms with E-state index in [0.29, 0.717) is 5.56 Å². The summed E-state index contributed by atoms with van der Waals surface area (Å²) in [6.07, 6.45) is 0.172. The first-order chi connectivity index (χ1) is 13.7. The van der Waals surface area contributed by atoms with Gasteiger partial charge < -0.3 is 0 Å². The number of benzene rings is 3. The molecule has 0 saturated carbocycles. The molecule has 0 saturated heterocycles. The summed E-state index contributed by atoms with van der Waals surface area (Å²) < 4.78 is 28.9. The van der Waals surface area contributed by atoms with Crippen molar-refractivity contribution >= 4 is 37.4 Å². The number of sulfonamides is 1. The van der Waals surface area contributed by atoms with E-state index >= 15 is 0 Å². The number of nitrogens with one attached hydrogen (secondary N) is 1. The van der Waals surface area contributed by atoms with Gasteiger partial charge in [-0.05, 0) is 67.8 Å². The average molecular weight is 472 g/mol. The number of halogens is 1. The molecule has 0 spiro atoms. The molecular weight excluding hydrogens is 450 g/mol. The number of aryl methyl sites for hydroxylation is 3. The Balaban J connectivity index is 1.90. The fourth-order valence-electron chi connectivity index (χ4n) is 2.98. The first kappa shape index (κ1) is 21.3. The van der Waals surface area contributed by atoms with Crippen LogP contribution in [0.4, 0.5) is 5.69 Å². The number of ketones is 1. The van der Waals surface area contributed by atoms with E-state index in [4.69, 9.17) is 0 Å². The van der Waals surface area contributed by atoms with E-state index in [1.807, 2.05) is 32.9 Å². The number of hydrogen-bond donors (Lipinski definition) is 1. The number of carbonyl (C=O) groups excluding carboxylic acids is 1. The van der Waals surface area contributed by atoms with Gasteiger partial charge in [-0.1, -0.05) is 51.8 Å². The van der Waals surface area contributed by atoms with Gasteiger partial charge in [0.15, 0.2) is 5.78 Å². The molecule has 0 aliphatic carbocycles. The van der Waals surface area contributed by atoms with Crippen LogP contribution in [0.5, 0.6) is 0 Å². The molecule has 150 valence electrons. The monoisotopic (exact) mass is 471 g/mol. The first-order valence-corrected chi connectivity index (χ1v) is 11.4. The Morgan fingerprint density at radius 3 is 2.24 bits per heavy atom. The van der Waals surface area contributed by atoms with E-state index in [9.17, 15) is 13.2 Å². The summed E-state index contributed by atoms with van der Waals surface area (Å²) in [7, 11) is -3.79. The van der Waals surface area contributed by atoms with Gasteiger partial charge in [-0.2, -0.15) is 0 Å². The lowest BCUT2D eigenvalue weighted by molar-refractivity contribution is 0.0993. The van der Waals surface area contributed by atoms with Gasteiger partial charge in [0, 0.05) is 16.5 Å². The zero-order chi connectivity index (χ0) is 21.2. The minimum atomic E-state index is -3.79. The fourth-order valence-corrected chi connectivity index (χ4v) is 4.66. The largest absolute Gasteiger partial charge is 0.294 e. The molecule has 1 N–H and O–H groups in total. The molecule has 0 bridgehead atoms. The molecule has 0 amide bonds. The molecule has 3 rings (SSSR count). The molecule has 0 aliphatic heterocycles. The SMILES string of the molecule is Cc1ccc(S(=O)(=O)Nc2ccccc2C(=O)Cc2cc(C)c(C)cc2Br)cc1. The van der Waals surface area contributed by atoms with Crippen molar-refractivity contribution in [3.8, 4) is 0 Å². The van der Waals surface area contributed by atoms with Crippen molar-refractivity contribution in [2.75, 3.05) is 4.72 Å². The van der Waals surface area contributed by atoms with E-state index in [1.165, 1.54) is 0 Å². The van der Waals surface area contributed by atoms with Gasteiger partial charge in [-0.25, -0.2) is 8.42 Å². The van der Waals surface area contributed by atoms with Crippen LogP contribution in [0, 0.1) is 20.8 Å². The smallest absolute Gasteiger partial charge is 0.261 e. The van der Waals surface area contributed by atoms with Crippen LogP contribution in [-0.2, 0) is 16.4 Å². The molecule has 0 heterocycles. The maximum Gasteiger partial charge on any atom is 0.261 e. The van der Waals surface area contributed by atoms with Crippen LogP contribution in [0.15, 0.2) is 70.0 Å².